The lowest BCUT2D eigenvalue weighted by atomic mass is 10.2. The molecular formula is C23H25N5O3. The second-order valence-corrected chi connectivity index (χ2v) is 7.55. The van der Waals surface area contributed by atoms with Gasteiger partial charge in [0.15, 0.2) is 0 Å². The van der Waals surface area contributed by atoms with Crippen molar-refractivity contribution in [3.63, 3.8) is 0 Å². The van der Waals surface area contributed by atoms with Crippen LogP contribution >= 0.6 is 0 Å². The van der Waals surface area contributed by atoms with Crippen molar-refractivity contribution in [1.29, 1.82) is 0 Å². The molecule has 0 radical (unpaired) electrons. The lowest BCUT2D eigenvalue weighted by molar-refractivity contribution is -0.125. The summed E-state index contributed by atoms with van der Waals surface area (Å²) in [5, 5.41) is 12.4. The Kier molecular flexibility index (Phi) is 5.46. The van der Waals surface area contributed by atoms with Crippen molar-refractivity contribution in [2.45, 2.75) is 46.7 Å². The molecule has 3 aromatic heterocycles. The van der Waals surface area contributed by atoms with Gasteiger partial charge in [0, 0.05) is 0 Å². The molecule has 1 unspecified atom stereocenters. The van der Waals surface area contributed by atoms with Gasteiger partial charge in [0.2, 0.25) is 5.91 Å². The molecule has 0 saturated heterocycles. The van der Waals surface area contributed by atoms with E-state index in [2.05, 4.69) is 15.5 Å². The molecule has 1 N–H and O–H groups in total. The highest BCUT2D eigenvalue weighted by Crippen LogP contribution is 2.21. The predicted molar refractivity (Wildman–Crippen MR) is 117 cm³/mol. The van der Waals surface area contributed by atoms with Crippen molar-refractivity contribution in [2.24, 2.45) is 0 Å². The van der Waals surface area contributed by atoms with Crippen LogP contribution in [0, 0.1) is 20.8 Å². The molecule has 0 fully saturated rings. The number of carbonyl (C=O) groups is 1. The summed E-state index contributed by atoms with van der Waals surface area (Å²) in [6, 6.07) is 12.6. The first kappa shape index (κ1) is 20.6. The number of hydrogen-bond acceptors (Lipinski definition) is 5. The Labute approximate surface area is 179 Å². The summed E-state index contributed by atoms with van der Waals surface area (Å²) in [7, 11) is 0. The van der Waals surface area contributed by atoms with Crippen LogP contribution in [0.1, 0.15) is 42.3 Å². The smallest absolute Gasteiger partial charge is 0.278 e. The fourth-order valence-corrected chi connectivity index (χ4v) is 3.75. The Bertz CT molecular complexity index is 1300. The monoisotopic (exact) mass is 419 g/mol. The number of carbonyl (C=O) groups excluding carboxylic acids is 1. The zero-order valence-corrected chi connectivity index (χ0v) is 18.0. The van der Waals surface area contributed by atoms with Crippen LogP contribution in [0.5, 0.6) is 0 Å². The molecule has 0 aliphatic heterocycles. The molecule has 3 heterocycles. The van der Waals surface area contributed by atoms with Crippen molar-refractivity contribution in [3.8, 4) is 5.69 Å². The SMILES string of the molecule is CCC(C(=O)NCc1ccc(C)o1)n1nc(C)c2nn(-c3ccccc3)c(C)c2c1=O. The van der Waals surface area contributed by atoms with Gasteiger partial charge < -0.3 is 9.73 Å². The lowest BCUT2D eigenvalue weighted by Crippen LogP contribution is -2.38. The average Bonchev–Trinajstić information content (AvgIpc) is 3.34. The number of nitrogens with zero attached hydrogens (tertiary/aromatic N) is 4. The minimum absolute atomic E-state index is 0.254. The van der Waals surface area contributed by atoms with E-state index < -0.39 is 6.04 Å². The van der Waals surface area contributed by atoms with E-state index in [-0.39, 0.29) is 18.0 Å². The van der Waals surface area contributed by atoms with Crippen molar-refractivity contribution in [3.05, 3.63) is 75.7 Å². The number of furan rings is 1. The molecule has 1 aromatic carbocycles. The van der Waals surface area contributed by atoms with Crippen molar-refractivity contribution in [1.82, 2.24) is 24.9 Å². The van der Waals surface area contributed by atoms with Crippen LogP contribution in [0.3, 0.4) is 0 Å². The Hall–Kier alpha value is -3.68. The number of para-hydroxylation sites is 1. The predicted octanol–water partition coefficient (Wildman–Crippen LogP) is 3.37. The minimum Gasteiger partial charge on any atom is -0.465 e. The van der Waals surface area contributed by atoms with E-state index in [4.69, 9.17) is 4.42 Å². The van der Waals surface area contributed by atoms with Crippen molar-refractivity contribution < 1.29 is 9.21 Å². The number of benzene rings is 1. The summed E-state index contributed by atoms with van der Waals surface area (Å²) < 4.78 is 8.53. The van der Waals surface area contributed by atoms with Gasteiger partial charge in [-0.25, -0.2) is 9.36 Å². The molecule has 4 rings (SSSR count). The molecule has 8 nitrogen and oxygen atoms in total. The highest BCUT2D eigenvalue weighted by atomic mass is 16.3. The van der Waals surface area contributed by atoms with Crippen LogP contribution < -0.4 is 10.9 Å². The maximum Gasteiger partial charge on any atom is 0.278 e. The molecule has 1 atom stereocenters. The topological polar surface area (TPSA) is 94.9 Å². The van der Waals surface area contributed by atoms with Crippen LogP contribution in [-0.4, -0.2) is 25.5 Å². The van der Waals surface area contributed by atoms with Crippen molar-refractivity contribution in [2.75, 3.05) is 0 Å². The van der Waals surface area contributed by atoms with Gasteiger partial charge in [-0.15, -0.1) is 0 Å². The Morgan fingerprint density at radius 3 is 2.48 bits per heavy atom. The van der Waals surface area contributed by atoms with E-state index in [1.165, 1.54) is 4.68 Å². The van der Waals surface area contributed by atoms with E-state index in [9.17, 15) is 9.59 Å². The summed E-state index contributed by atoms with van der Waals surface area (Å²) >= 11 is 0. The number of nitrogens with one attached hydrogen (secondary N) is 1. The molecule has 160 valence electrons. The summed E-state index contributed by atoms with van der Waals surface area (Å²) in [5.41, 5.74) is 2.40. The summed E-state index contributed by atoms with van der Waals surface area (Å²) in [4.78, 5) is 26.3. The Balaban J connectivity index is 1.72. The standard InChI is InChI=1S/C23H25N5O3/c1-5-19(22(29)24-13-18-12-11-14(2)31-18)28-23(30)20-16(4)27(17-9-7-6-8-10-17)26-21(20)15(3)25-28/h6-12,19H,5,13H2,1-4H3,(H,24,29). The number of aryl methyl sites for hydroxylation is 3. The Morgan fingerprint density at radius 1 is 1.10 bits per heavy atom. The molecular weight excluding hydrogens is 394 g/mol. The van der Waals surface area contributed by atoms with Crippen LogP contribution in [0.15, 0.2) is 51.7 Å². The third-order valence-electron chi connectivity index (χ3n) is 5.36. The summed E-state index contributed by atoms with van der Waals surface area (Å²) in [5.74, 6) is 1.16. The van der Waals surface area contributed by atoms with E-state index in [0.29, 0.717) is 34.5 Å². The number of rotatable bonds is 6. The van der Waals surface area contributed by atoms with Gasteiger partial charge in [-0.05, 0) is 51.5 Å². The van der Waals surface area contributed by atoms with Gasteiger partial charge in [-0.1, -0.05) is 25.1 Å². The van der Waals surface area contributed by atoms with E-state index in [1.807, 2.05) is 63.2 Å². The molecule has 0 saturated carbocycles. The van der Waals surface area contributed by atoms with Gasteiger partial charge in [0.25, 0.3) is 5.56 Å². The average molecular weight is 419 g/mol. The maximum absolute atomic E-state index is 13.4. The number of aromatic nitrogens is 4. The lowest BCUT2D eigenvalue weighted by Gasteiger charge is -2.17. The molecule has 4 aromatic rings. The molecule has 0 aliphatic carbocycles. The zero-order chi connectivity index (χ0) is 22.1. The third-order valence-corrected chi connectivity index (χ3v) is 5.36. The van der Waals surface area contributed by atoms with E-state index in [0.717, 1.165) is 11.4 Å². The molecule has 0 aliphatic rings. The molecule has 8 heteroatoms. The highest BCUT2D eigenvalue weighted by molar-refractivity contribution is 5.84. The molecule has 0 spiro atoms. The quantitative estimate of drug-likeness (QED) is 0.517. The van der Waals surface area contributed by atoms with Crippen LogP contribution in [-0.2, 0) is 11.3 Å². The first-order valence-corrected chi connectivity index (χ1v) is 10.3. The number of hydrogen-bond donors (Lipinski definition) is 1. The molecule has 1 amide bonds. The molecule has 0 bridgehead atoms. The minimum atomic E-state index is -0.730. The van der Waals surface area contributed by atoms with Crippen molar-refractivity contribution >= 4 is 16.8 Å². The van der Waals surface area contributed by atoms with Gasteiger partial charge in [-0.3, -0.25) is 9.59 Å². The van der Waals surface area contributed by atoms with Crippen LogP contribution in [0.25, 0.3) is 16.6 Å². The molecule has 31 heavy (non-hydrogen) atoms. The van der Waals surface area contributed by atoms with Gasteiger partial charge in [-0.2, -0.15) is 10.2 Å². The third kappa shape index (κ3) is 3.76. The van der Waals surface area contributed by atoms with Crippen LogP contribution in [0.2, 0.25) is 0 Å². The number of amides is 1. The maximum atomic E-state index is 13.4. The van der Waals surface area contributed by atoms with E-state index in [1.54, 1.807) is 11.6 Å². The largest absolute Gasteiger partial charge is 0.465 e. The normalized spacial score (nSPS) is 12.3. The Morgan fingerprint density at radius 2 is 1.84 bits per heavy atom. The van der Waals surface area contributed by atoms with Gasteiger partial charge in [0.05, 0.1) is 29.0 Å². The van der Waals surface area contributed by atoms with E-state index >= 15 is 0 Å². The summed E-state index contributed by atoms with van der Waals surface area (Å²) in [6.45, 7) is 7.61. The van der Waals surface area contributed by atoms with Gasteiger partial charge in [0.1, 0.15) is 23.1 Å². The highest BCUT2D eigenvalue weighted by Gasteiger charge is 2.25. The van der Waals surface area contributed by atoms with Gasteiger partial charge >= 0.3 is 0 Å². The zero-order valence-electron chi connectivity index (χ0n) is 18.0. The fourth-order valence-electron chi connectivity index (χ4n) is 3.75. The second kappa shape index (κ2) is 8.22. The fraction of sp³-hybridized carbons (Fsp3) is 0.304. The summed E-state index contributed by atoms with van der Waals surface area (Å²) in [6.07, 6.45) is 0.423. The first-order chi connectivity index (χ1) is 14.9. The first-order valence-electron chi connectivity index (χ1n) is 10.3. The second-order valence-electron chi connectivity index (χ2n) is 7.55. The number of fused-ring (bicyclic) bond motifs is 1. The van der Waals surface area contributed by atoms with Crippen LogP contribution in [0.4, 0.5) is 0 Å².